The highest BCUT2D eigenvalue weighted by Crippen LogP contribution is 2.22. The highest BCUT2D eigenvalue weighted by atomic mass is 16.5. The number of hydrogen-bond acceptors (Lipinski definition) is 2. The lowest BCUT2D eigenvalue weighted by molar-refractivity contribution is -0.0822. The fourth-order valence-corrected chi connectivity index (χ4v) is 1.31. The molecule has 0 aliphatic carbocycles. The molecule has 0 radical (unpaired) electrons. The van der Waals surface area contributed by atoms with E-state index >= 15 is 0 Å². The Morgan fingerprint density at radius 1 is 1.21 bits per heavy atom. The Labute approximate surface area is 85.5 Å². The van der Waals surface area contributed by atoms with E-state index in [0.29, 0.717) is 0 Å². The minimum atomic E-state index is -0.233. The molecule has 0 aliphatic heterocycles. The normalized spacial score (nSPS) is 14.0. The van der Waals surface area contributed by atoms with Gasteiger partial charge in [0.2, 0.25) is 0 Å². The van der Waals surface area contributed by atoms with Gasteiger partial charge >= 0.3 is 0 Å². The topological polar surface area (TPSA) is 29.5 Å². The van der Waals surface area contributed by atoms with Crippen molar-refractivity contribution in [3.8, 4) is 0 Å². The first-order chi connectivity index (χ1) is 6.53. The Morgan fingerprint density at radius 3 is 2.21 bits per heavy atom. The van der Waals surface area contributed by atoms with Crippen molar-refractivity contribution < 1.29 is 9.84 Å². The lowest BCUT2D eigenvalue weighted by Gasteiger charge is -2.26. The van der Waals surface area contributed by atoms with Crippen molar-refractivity contribution in [3.63, 3.8) is 0 Å². The average Bonchev–Trinajstić information content (AvgIpc) is 2.14. The highest BCUT2D eigenvalue weighted by molar-refractivity contribution is 5.17. The molecule has 0 aromatic heterocycles. The maximum atomic E-state index is 9.22. The SMILES string of the molecule is CC(C)(C)OC(CO)c1ccccc1. The summed E-state index contributed by atoms with van der Waals surface area (Å²) in [4.78, 5) is 0. The van der Waals surface area contributed by atoms with Gasteiger partial charge in [0.15, 0.2) is 0 Å². The Kier molecular flexibility index (Phi) is 3.67. The van der Waals surface area contributed by atoms with Gasteiger partial charge in [-0.05, 0) is 26.3 Å². The van der Waals surface area contributed by atoms with Crippen LogP contribution in [0, 0.1) is 0 Å². The van der Waals surface area contributed by atoms with Gasteiger partial charge in [-0.25, -0.2) is 0 Å². The molecule has 78 valence electrons. The van der Waals surface area contributed by atoms with Gasteiger partial charge < -0.3 is 9.84 Å². The summed E-state index contributed by atoms with van der Waals surface area (Å²) in [7, 11) is 0. The molecule has 0 bridgehead atoms. The van der Waals surface area contributed by atoms with Gasteiger partial charge in [0, 0.05) is 0 Å². The van der Waals surface area contributed by atoms with Crippen LogP contribution in [-0.4, -0.2) is 17.3 Å². The Hall–Kier alpha value is -0.860. The third kappa shape index (κ3) is 3.48. The molecule has 0 heterocycles. The lowest BCUT2D eigenvalue weighted by atomic mass is 10.1. The highest BCUT2D eigenvalue weighted by Gasteiger charge is 2.19. The number of hydrogen-bond donors (Lipinski definition) is 1. The lowest BCUT2D eigenvalue weighted by Crippen LogP contribution is -2.24. The van der Waals surface area contributed by atoms with E-state index < -0.39 is 0 Å². The van der Waals surface area contributed by atoms with Gasteiger partial charge in [0.05, 0.1) is 12.2 Å². The molecule has 1 atom stereocenters. The van der Waals surface area contributed by atoms with Crippen LogP contribution in [0.1, 0.15) is 32.4 Å². The third-order valence-corrected chi connectivity index (χ3v) is 1.83. The number of rotatable bonds is 3. The molecule has 2 heteroatoms. The van der Waals surface area contributed by atoms with E-state index in [1.54, 1.807) is 0 Å². The fourth-order valence-electron chi connectivity index (χ4n) is 1.31. The molecule has 1 N–H and O–H groups in total. The summed E-state index contributed by atoms with van der Waals surface area (Å²) in [5, 5.41) is 9.22. The van der Waals surface area contributed by atoms with E-state index in [1.807, 2.05) is 51.1 Å². The van der Waals surface area contributed by atoms with E-state index in [2.05, 4.69) is 0 Å². The van der Waals surface area contributed by atoms with Gasteiger partial charge in [-0.1, -0.05) is 30.3 Å². The minimum Gasteiger partial charge on any atom is -0.393 e. The largest absolute Gasteiger partial charge is 0.393 e. The van der Waals surface area contributed by atoms with Crippen molar-refractivity contribution in [2.45, 2.75) is 32.5 Å². The second-order valence-electron chi connectivity index (χ2n) is 4.31. The smallest absolute Gasteiger partial charge is 0.106 e. The minimum absolute atomic E-state index is 0.0152. The van der Waals surface area contributed by atoms with E-state index in [9.17, 15) is 5.11 Å². The van der Waals surface area contributed by atoms with Crippen LogP contribution in [0.25, 0.3) is 0 Å². The van der Waals surface area contributed by atoms with Crippen molar-refractivity contribution in [2.75, 3.05) is 6.61 Å². The summed E-state index contributed by atoms with van der Waals surface area (Å²) < 4.78 is 5.72. The number of benzene rings is 1. The molecule has 1 aromatic rings. The second kappa shape index (κ2) is 4.58. The average molecular weight is 194 g/mol. The quantitative estimate of drug-likeness (QED) is 0.801. The molecule has 0 spiro atoms. The first kappa shape index (κ1) is 11.2. The number of aliphatic hydroxyl groups is 1. The molecule has 0 aliphatic rings. The molecule has 2 nitrogen and oxygen atoms in total. The van der Waals surface area contributed by atoms with Crippen LogP contribution in [0.3, 0.4) is 0 Å². The molecule has 14 heavy (non-hydrogen) atoms. The van der Waals surface area contributed by atoms with Gasteiger partial charge in [-0.2, -0.15) is 0 Å². The Bertz CT molecular complexity index is 261. The maximum absolute atomic E-state index is 9.22. The molecule has 0 saturated heterocycles. The Morgan fingerprint density at radius 2 is 1.79 bits per heavy atom. The summed E-state index contributed by atoms with van der Waals surface area (Å²) >= 11 is 0. The molecule has 1 unspecified atom stereocenters. The fraction of sp³-hybridized carbons (Fsp3) is 0.500. The van der Waals surface area contributed by atoms with Gasteiger partial charge in [0.1, 0.15) is 6.10 Å². The second-order valence-corrected chi connectivity index (χ2v) is 4.31. The zero-order chi connectivity index (χ0) is 10.6. The van der Waals surface area contributed by atoms with E-state index in [-0.39, 0.29) is 18.3 Å². The summed E-state index contributed by atoms with van der Waals surface area (Å²) in [6.07, 6.45) is -0.226. The molecule has 0 amide bonds. The van der Waals surface area contributed by atoms with Gasteiger partial charge in [-0.15, -0.1) is 0 Å². The molecular formula is C12H18O2. The zero-order valence-electron chi connectivity index (χ0n) is 9.03. The van der Waals surface area contributed by atoms with Crippen LogP contribution in [0.2, 0.25) is 0 Å². The van der Waals surface area contributed by atoms with Crippen LogP contribution in [0.15, 0.2) is 30.3 Å². The molecule has 0 saturated carbocycles. The third-order valence-electron chi connectivity index (χ3n) is 1.83. The first-order valence-corrected chi connectivity index (χ1v) is 4.86. The summed E-state index contributed by atoms with van der Waals surface area (Å²) in [6, 6.07) is 9.78. The number of ether oxygens (including phenoxy) is 1. The van der Waals surface area contributed by atoms with Gasteiger partial charge in [-0.3, -0.25) is 0 Å². The van der Waals surface area contributed by atoms with Crippen molar-refractivity contribution in [1.82, 2.24) is 0 Å². The number of aliphatic hydroxyl groups excluding tert-OH is 1. The Balaban J connectivity index is 2.73. The maximum Gasteiger partial charge on any atom is 0.106 e. The van der Waals surface area contributed by atoms with Crippen LogP contribution in [-0.2, 0) is 4.74 Å². The van der Waals surface area contributed by atoms with Crippen molar-refractivity contribution in [1.29, 1.82) is 0 Å². The monoisotopic (exact) mass is 194 g/mol. The predicted molar refractivity (Wildman–Crippen MR) is 57.1 cm³/mol. The van der Waals surface area contributed by atoms with Crippen molar-refractivity contribution in [3.05, 3.63) is 35.9 Å². The van der Waals surface area contributed by atoms with Crippen LogP contribution in [0.5, 0.6) is 0 Å². The van der Waals surface area contributed by atoms with Crippen molar-refractivity contribution >= 4 is 0 Å². The molecular weight excluding hydrogens is 176 g/mol. The zero-order valence-corrected chi connectivity index (χ0v) is 9.03. The summed E-state index contributed by atoms with van der Waals surface area (Å²) in [5.74, 6) is 0. The van der Waals surface area contributed by atoms with Crippen molar-refractivity contribution in [2.24, 2.45) is 0 Å². The van der Waals surface area contributed by atoms with E-state index in [4.69, 9.17) is 4.74 Å². The van der Waals surface area contributed by atoms with Gasteiger partial charge in [0.25, 0.3) is 0 Å². The predicted octanol–water partition coefficient (Wildman–Crippen LogP) is 2.54. The summed E-state index contributed by atoms with van der Waals surface area (Å²) in [5.41, 5.74) is 0.786. The van der Waals surface area contributed by atoms with Crippen LogP contribution in [0.4, 0.5) is 0 Å². The molecule has 0 fully saturated rings. The summed E-state index contributed by atoms with van der Waals surface area (Å²) in [6.45, 7) is 5.97. The molecule has 1 rings (SSSR count). The van der Waals surface area contributed by atoms with Crippen LogP contribution < -0.4 is 0 Å². The van der Waals surface area contributed by atoms with E-state index in [0.717, 1.165) is 5.56 Å². The first-order valence-electron chi connectivity index (χ1n) is 4.86. The van der Waals surface area contributed by atoms with Crippen LogP contribution >= 0.6 is 0 Å². The molecule has 1 aromatic carbocycles. The standard InChI is InChI=1S/C12H18O2/c1-12(2,3)14-11(9-13)10-7-5-4-6-8-10/h4-8,11,13H,9H2,1-3H3. The van der Waals surface area contributed by atoms with E-state index in [1.165, 1.54) is 0 Å².